The predicted octanol–water partition coefficient (Wildman–Crippen LogP) is 3.57. The molecule has 0 unspecified atom stereocenters. The molecule has 3 rings (SSSR count). The van der Waals surface area contributed by atoms with E-state index in [0.717, 1.165) is 33.8 Å². The number of amides is 2. The molecule has 7 heteroatoms. The monoisotopic (exact) mass is 412 g/mol. The smallest absolute Gasteiger partial charge is 0.308 e. The first-order valence-electron chi connectivity index (χ1n) is 9.55. The molecule has 0 bridgehead atoms. The van der Waals surface area contributed by atoms with Gasteiger partial charge in [-0.3, -0.25) is 14.4 Å². The van der Waals surface area contributed by atoms with Crippen molar-refractivity contribution in [2.45, 2.75) is 31.6 Å². The van der Waals surface area contributed by atoms with Crippen LogP contribution in [-0.2, 0) is 25.5 Å². The number of fused-ring (bicyclic) bond motifs is 1. The minimum Gasteiger partial charge on any atom is -0.456 e. The van der Waals surface area contributed by atoms with Crippen molar-refractivity contribution in [3.63, 3.8) is 0 Å². The third kappa shape index (κ3) is 5.17. The Labute approximate surface area is 174 Å². The van der Waals surface area contributed by atoms with E-state index in [1.165, 1.54) is 11.8 Å². The maximum absolute atomic E-state index is 12.2. The third-order valence-electron chi connectivity index (χ3n) is 4.72. The fraction of sp³-hybridized carbons (Fsp3) is 0.318. The number of esters is 1. The molecule has 0 fully saturated rings. The van der Waals surface area contributed by atoms with Gasteiger partial charge in [-0.25, -0.2) is 0 Å². The van der Waals surface area contributed by atoms with E-state index in [1.807, 2.05) is 56.3 Å². The number of carbonyl (C=O) groups is 3. The second-order valence-corrected chi connectivity index (χ2v) is 7.74. The zero-order chi connectivity index (χ0) is 20.8. The fourth-order valence-electron chi connectivity index (χ4n) is 3.20. The number of nitrogens with one attached hydrogen (secondary N) is 1. The lowest BCUT2D eigenvalue weighted by atomic mass is 10.1. The highest BCUT2D eigenvalue weighted by Gasteiger charge is 2.25. The fourth-order valence-corrected chi connectivity index (χ4v) is 4.13. The van der Waals surface area contributed by atoms with Crippen LogP contribution in [0.25, 0.3) is 0 Å². The van der Waals surface area contributed by atoms with Crippen LogP contribution < -0.4 is 10.2 Å². The molecule has 1 aliphatic heterocycles. The first-order valence-corrected chi connectivity index (χ1v) is 10.5. The van der Waals surface area contributed by atoms with Crippen molar-refractivity contribution in [2.75, 3.05) is 29.1 Å². The molecule has 0 atom stereocenters. The molecule has 2 aromatic carbocycles. The van der Waals surface area contributed by atoms with Crippen molar-refractivity contribution in [1.29, 1.82) is 0 Å². The molecule has 152 valence electrons. The Hall–Kier alpha value is -2.80. The second-order valence-electron chi connectivity index (χ2n) is 6.72. The number of benzene rings is 2. The van der Waals surface area contributed by atoms with Crippen molar-refractivity contribution in [3.05, 3.63) is 53.6 Å². The number of hydrogen-bond donors (Lipinski definition) is 1. The second kappa shape index (κ2) is 9.60. The lowest BCUT2D eigenvalue weighted by Gasteiger charge is -2.28. The predicted molar refractivity (Wildman–Crippen MR) is 114 cm³/mol. The topological polar surface area (TPSA) is 75.7 Å². The first kappa shape index (κ1) is 20.9. The van der Waals surface area contributed by atoms with Crippen molar-refractivity contribution in [3.8, 4) is 0 Å². The molecule has 2 aromatic rings. The van der Waals surface area contributed by atoms with E-state index in [0.29, 0.717) is 5.75 Å². The highest BCUT2D eigenvalue weighted by molar-refractivity contribution is 8.00. The Morgan fingerprint density at radius 2 is 1.97 bits per heavy atom. The molecule has 0 saturated heterocycles. The van der Waals surface area contributed by atoms with Crippen LogP contribution >= 0.6 is 11.8 Å². The standard InChI is InChI=1S/C22H24N2O4S/c1-3-16-8-6-7-15(2)22(16)23-19(25)13-28-21(27)11-12-24-17-9-4-5-10-18(17)29-14-20(24)26/h4-10H,3,11-14H2,1-2H3,(H,23,25). The molecule has 0 aliphatic carbocycles. The van der Waals surface area contributed by atoms with Gasteiger partial charge in [0.05, 0.1) is 17.9 Å². The summed E-state index contributed by atoms with van der Waals surface area (Å²) in [6.07, 6.45) is 0.823. The maximum atomic E-state index is 12.2. The van der Waals surface area contributed by atoms with Crippen molar-refractivity contribution >= 4 is 40.9 Å². The summed E-state index contributed by atoms with van der Waals surface area (Å²) in [4.78, 5) is 39.2. The van der Waals surface area contributed by atoms with Crippen LogP contribution in [0.3, 0.4) is 0 Å². The summed E-state index contributed by atoms with van der Waals surface area (Å²) in [6.45, 7) is 3.82. The van der Waals surface area contributed by atoms with Crippen molar-refractivity contribution < 1.29 is 19.1 Å². The molecule has 1 aliphatic rings. The van der Waals surface area contributed by atoms with Gasteiger partial charge in [0.15, 0.2) is 6.61 Å². The van der Waals surface area contributed by atoms with E-state index in [4.69, 9.17) is 4.74 Å². The Morgan fingerprint density at radius 3 is 2.76 bits per heavy atom. The van der Waals surface area contributed by atoms with Gasteiger partial charge >= 0.3 is 5.97 Å². The van der Waals surface area contributed by atoms with Crippen molar-refractivity contribution in [1.82, 2.24) is 0 Å². The summed E-state index contributed by atoms with van der Waals surface area (Å²) >= 11 is 1.49. The van der Waals surface area contributed by atoms with Crippen LogP contribution in [0.15, 0.2) is 47.4 Å². The minimum absolute atomic E-state index is 0.0304. The highest BCUT2D eigenvalue weighted by atomic mass is 32.2. The van der Waals surface area contributed by atoms with Crippen LogP contribution in [0.4, 0.5) is 11.4 Å². The van der Waals surface area contributed by atoms with Crippen LogP contribution in [-0.4, -0.2) is 36.7 Å². The average Bonchev–Trinajstić information content (AvgIpc) is 2.73. The molecule has 0 aromatic heterocycles. The molecule has 1 N–H and O–H groups in total. The van der Waals surface area contributed by atoms with Gasteiger partial charge in [0.25, 0.3) is 5.91 Å². The van der Waals surface area contributed by atoms with Gasteiger partial charge < -0.3 is 15.0 Å². The van der Waals surface area contributed by atoms with Gasteiger partial charge in [0.1, 0.15) is 0 Å². The van der Waals surface area contributed by atoms with Gasteiger partial charge in [-0.05, 0) is 36.6 Å². The van der Waals surface area contributed by atoms with E-state index >= 15 is 0 Å². The Balaban J connectivity index is 1.51. The molecule has 0 radical (unpaired) electrons. The lowest BCUT2D eigenvalue weighted by molar-refractivity contribution is -0.147. The van der Waals surface area contributed by atoms with Crippen LogP contribution in [0, 0.1) is 6.92 Å². The van der Waals surface area contributed by atoms with Gasteiger partial charge in [0.2, 0.25) is 5.91 Å². The summed E-state index contributed by atoms with van der Waals surface area (Å²) in [5.74, 6) is -0.571. The summed E-state index contributed by atoms with van der Waals surface area (Å²) in [5, 5.41) is 2.83. The van der Waals surface area contributed by atoms with E-state index in [-0.39, 0.29) is 31.4 Å². The number of ether oxygens (including phenoxy) is 1. The molecular formula is C22H24N2O4S. The molecule has 0 spiro atoms. The summed E-state index contributed by atoms with van der Waals surface area (Å²) in [7, 11) is 0. The van der Waals surface area contributed by atoms with E-state index in [2.05, 4.69) is 5.32 Å². The summed E-state index contributed by atoms with van der Waals surface area (Å²) in [6, 6.07) is 13.4. The van der Waals surface area contributed by atoms with E-state index in [1.54, 1.807) is 4.90 Å². The molecule has 1 heterocycles. The number of carbonyl (C=O) groups excluding carboxylic acids is 3. The summed E-state index contributed by atoms with van der Waals surface area (Å²) in [5.41, 5.74) is 3.57. The summed E-state index contributed by atoms with van der Waals surface area (Å²) < 4.78 is 5.11. The number of para-hydroxylation sites is 2. The molecule has 2 amide bonds. The average molecular weight is 413 g/mol. The van der Waals surface area contributed by atoms with Crippen LogP contribution in [0.2, 0.25) is 0 Å². The van der Waals surface area contributed by atoms with Crippen LogP contribution in [0.5, 0.6) is 0 Å². The zero-order valence-corrected chi connectivity index (χ0v) is 17.4. The highest BCUT2D eigenvalue weighted by Crippen LogP contribution is 2.34. The number of nitrogens with zero attached hydrogens (tertiary/aromatic N) is 1. The molecule has 0 saturated carbocycles. The third-order valence-corrected chi connectivity index (χ3v) is 5.76. The van der Waals surface area contributed by atoms with Gasteiger partial charge in [0, 0.05) is 17.1 Å². The number of thioether (sulfide) groups is 1. The Morgan fingerprint density at radius 1 is 1.17 bits per heavy atom. The SMILES string of the molecule is CCc1cccc(C)c1NC(=O)COC(=O)CCN1C(=O)CSc2ccccc21. The Kier molecular flexibility index (Phi) is 6.93. The normalized spacial score (nSPS) is 13.0. The zero-order valence-electron chi connectivity index (χ0n) is 16.6. The lowest BCUT2D eigenvalue weighted by Crippen LogP contribution is -2.37. The minimum atomic E-state index is -0.510. The van der Waals surface area contributed by atoms with Crippen LogP contribution in [0.1, 0.15) is 24.5 Å². The van der Waals surface area contributed by atoms with Gasteiger partial charge in [-0.15, -0.1) is 11.8 Å². The van der Waals surface area contributed by atoms with E-state index in [9.17, 15) is 14.4 Å². The maximum Gasteiger partial charge on any atom is 0.308 e. The molecular weight excluding hydrogens is 388 g/mol. The number of aryl methyl sites for hydroxylation is 2. The Bertz CT molecular complexity index is 929. The quantitative estimate of drug-likeness (QED) is 0.704. The number of hydrogen-bond acceptors (Lipinski definition) is 5. The number of rotatable bonds is 7. The van der Waals surface area contributed by atoms with E-state index < -0.39 is 5.97 Å². The van der Waals surface area contributed by atoms with Gasteiger partial charge in [-0.1, -0.05) is 37.3 Å². The number of anilines is 2. The van der Waals surface area contributed by atoms with Crippen molar-refractivity contribution in [2.24, 2.45) is 0 Å². The molecule has 6 nitrogen and oxygen atoms in total. The molecule has 29 heavy (non-hydrogen) atoms. The first-order chi connectivity index (χ1) is 14.0. The largest absolute Gasteiger partial charge is 0.456 e. The van der Waals surface area contributed by atoms with Gasteiger partial charge in [-0.2, -0.15) is 0 Å².